The summed E-state index contributed by atoms with van der Waals surface area (Å²) >= 11 is 7.51. The van der Waals surface area contributed by atoms with Crippen LogP contribution in [0.2, 0.25) is 4.34 Å². The maximum absolute atomic E-state index is 5.95. The van der Waals surface area contributed by atoms with Crippen molar-refractivity contribution in [3.63, 3.8) is 0 Å². The molecule has 0 bridgehead atoms. The second kappa shape index (κ2) is 5.41. The molecule has 0 amide bonds. The van der Waals surface area contributed by atoms with Crippen LogP contribution in [-0.2, 0) is 6.54 Å². The summed E-state index contributed by atoms with van der Waals surface area (Å²) in [6.45, 7) is 3.17. The molecule has 1 unspecified atom stereocenters. The van der Waals surface area contributed by atoms with Crippen LogP contribution < -0.4 is 14.8 Å². The van der Waals surface area contributed by atoms with Gasteiger partial charge in [0.1, 0.15) is 0 Å². The highest BCUT2D eigenvalue weighted by molar-refractivity contribution is 7.14. The van der Waals surface area contributed by atoms with Crippen molar-refractivity contribution in [1.82, 2.24) is 5.32 Å². The molecule has 0 aliphatic carbocycles. The fraction of sp³-hybridized carbons (Fsp3) is 0.286. The molecule has 19 heavy (non-hydrogen) atoms. The summed E-state index contributed by atoms with van der Waals surface area (Å²) in [7, 11) is 0. The largest absolute Gasteiger partial charge is 0.454 e. The van der Waals surface area contributed by atoms with E-state index in [2.05, 4.69) is 17.6 Å². The van der Waals surface area contributed by atoms with Crippen molar-refractivity contribution in [3.8, 4) is 11.5 Å². The number of para-hydroxylation sites is 1. The van der Waals surface area contributed by atoms with E-state index in [1.54, 1.807) is 11.3 Å². The number of rotatable bonds is 4. The number of thiophene rings is 1. The van der Waals surface area contributed by atoms with Gasteiger partial charge in [0.05, 0.1) is 4.34 Å². The second-order valence-electron chi connectivity index (χ2n) is 4.44. The highest BCUT2D eigenvalue weighted by Crippen LogP contribution is 2.35. The van der Waals surface area contributed by atoms with Crippen LogP contribution in [0.1, 0.15) is 24.1 Å². The van der Waals surface area contributed by atoms with Gasteiger partial charge in [-0.05, 0) is 30.0 Å². The third-order valence-electron chi connectivity index (χ3n) is 3.16. The topological polar surface area (TPSA) is 30.5 Å². The minimum atomic E-state index is 0.252. The fourth-order valence-corrected chi connectivity index (χ4v) is 3.05. The Morgan fingerprint density at radius 2 is 2.32 bits per heavy atom. The molecule has 0 saturated heterocycles. The highest BCUT2D eigenvalue weighted by atomic mass is 35.5. The van der Waals surface area contributed by atoms with Crippen molar-refractivity contribution >= 4 is 22.9 Å². The molecule has 0 radical (unpaired) electrons. The van der Waals surface area contributed by atoms with Gasteiger partial charge in [0.2, 0.25) is 6.79 Å². The molecule has 1 aromatic heterocycles. The molecule has 0 fully saturated rings. The lowest BCUT2D eigenvalue weighted by molar-refractivity contribution is 0.173. The predicted molar refractivity (Wildman–Crippen MR) is 77.1 cm³/mol. The van der Waals surface area contributed by atoms with E-state index in [1.807, 2.05) is 24.3 Å². The van der Waals surface area contributed by atoms with Crippen molar-refractivity contribution in [2.75, 3.05) is 6.79 Å². The van der Waals surface area contributed by atoms with Gasteiger partial charge in [0, 0.05) is 18.2 Å². The monoisotopic (exact) mass is 295 g/mol. The molecular weight excluding hydrogens is 282 g/mol. The van der Waals surface area contributed by atoms with E-state index < -0.39 is 0 Å². The molecule has 1 N–H and O–H groups in total. The molecule has 2 heterocycles. The average molecular weight is 296 g/mol. The van der Waals surface area contributed by atoms with Crippen LogP contribution in [-0.4, -0.2) is 6.79 Å². The molecule has 0 saturated carbocycles. The van der Waals surface area contributed by atoms with Crippen LogP contribution >= 0.6 is 22.9 Å². The quantitative estimate of drug-likeness (QED) is 0.925. The Morgan fingerprint density at radius 3 is 3.11 bits per heavy atom. The maximum atomic E-state index is 5.95. The van der Waals surface area contributed by atoms with Gasteiger partial charge in [-0.2, -0.15) is 0 Å². The summed E-state index contributed by atoms with van der Waals surface area (Å²) in [6, 6.07) is 8.21. The zero-order chi connectivity index (χ0) is 13.2. The number of ether oxygens (including phenoxy) is 2. The van der Waals surface area contributed by atoms with E-state index >= 15 is 0 Å². The number of nitrogens with one attached hydrogen (secondary N) is 1. The Bertz CT molecular complexity index is 585. The van der Waals surface area contributed by atoms with Gasteiger partial charge >= 0.3 is 0 Å². The van der Waals surface area contributed by atoms with Crippen molar-refractivity contribution in [1.29, 1.82) is 0 Å². The second-order valence-corrected chi connectivity index (χ2v) is 5.98. The lowest BCUT2D eigenvalue weighted by Gasteiger charge is -2.13. The first-order valence-corrected chi connectivity index (χ1v) is 7.34. The molecule has 3 nitrogen and oxygen atoms in total. The first-order valence-electron chi connectivity index (χ1n) is 6.09. The molecule has 2 aromatic rings. The van der Waals surface area contributed by atoms with Gasteiger partial charge in [-0.1, -0.05) is 23.7 Å². The maximum Gasteiger partial charge on any atom is 0.231 e. The molecule has 0 spiro atoms. The molecule has 3 rings (SSSR count). The highest BCUT2D eigenvalue weighted by Gasteiger charge is 2.17. The molecule has 1 aromatic carbocycles. The third kappa shape index (κ3) is 2.71. The first-order chi connectivity index (χ1) is 9.24. The van der Waals surface area contributed by atoms with E-state index in [1.165, 1.54) is 5.56 Å². The smallest absolute Gasteiger partial charge is 0.231 e. The van der Waals surface area contributed by atoms with E-state index in [0.717, 1.165) is 27.9 Å². The minimum absolute atomic E-state index is 0.252. The zero-order valence-corrected chi connectivity index (χ0v) is 12.1. The molecule has 100 valence electrons. The van der Waals surface area contributed by atoms with Crippen molar-refractivity contribution in [3.05, 3.63) is 45.1 Å². The van der Waals surface area contributed by atoms with Crippen LogP contribution in [0.25, 0.3) is 0 Å². The Kier molecular flexibility index (Phi) is 3.64. The number of benzene rings is 1. The molecule has 5 heteroatoms. The van der Waals surface area contributed by atoms with Gasteiger partial charge in [-0.3, -0.25) is 0 Å². The summed E-state index contributed by atoms with van der Waals surface area (Å²) in [5.74, 6) is 1.68. The first kappa shape index (κ1) is 12.8. The molecule has 1 aliphatic heterocycles. The zero-order valence-electron chi connectivity index (χ0n) is 10.5. The van der Waals surface area contributed by atoms with Gasteiger partial charge in [0.15, 0.2) is 11.5 Å². The number of hydrogen-bond acceptors (Lipinski definition) is 4. The Morgan fingerprint density at radius 1 is 1.42 bits per heavy atom. The van der Waals surface area contributed by atoms with E-state index in [-0.39, 0.29) is 6.04 Å². The van der Waals surface area contributed by atoms with Crippen LogP contribution in [0.3, 0.4) is 0 Å². The fourth-order valence-electron chi connectivity index (χ4n) is 2.06. The van der Waals surface area contributed by atoms with Crippen molar-refractivity contribution in [2.24, 2.45) is 0 Å². The van der Waals surface area contributed by atoms with Crippen molar-refractivity contribution in [2.45, 2.75) is 19.5 Å². The van der Waals surface area contributed by atoms with E-state index in [9.17, 15) is 0 Å². The average Bonchev–Trinajstić information content (AvgIpc) is 3.04. The predicted octanol–water partition coefficient (Wildman–Crippen LogP) is 3.98. The minimum Gasteiger partial charge on any atom is -0.454 e. The normalized spacial score (nSPS) is 14.6. The number of hydrogen-bond donors (Lipinski definition) is 1. The van der Waals surface area contributed by atoms with Crippen molar-refractivity contribution < 1.29 is 9.47 Å². The molecule has 1 aliphatic rings. The van der Waals surface area contributed by atoms with Crippen LogP contribution in [0.15, 0.2) is 29.6 Å². The van der Waals surface area contributed by atoms with Crippen LogP contribution in [0, 0.1) is 0 Å². The molecular formula is C14H14ClNO2S. The Labute approximate surface area is 121 Å². The van der Waals surface area contributed by atoms with Gasteiger partial charge in [-0.15, -0.1) is 11.3 Å². The summed E-state index contributed by atoms with van der Waals surface area (Å²) in [5.41, 5.74) is 2.32. The SMILES string of the molecule is CC(NCc1cccc2c1OCO2)c1csc(Cl)c1. The summed E-state index contributed by atoms with van der Waals surface area (Å²) < 4.78 is 11.7. The number of fused-ring (bicyclic) bond motifs is 1. The Balaban J connectivity index is 1.68. The number of halogens is 1. The third-order valence-corrected chi connectivity index (χ3v) is 4.27. The Hall–Kier alpha value is -1.23. The van der Waals surface area contributed by atoms with Gasteiger partial charge in [-0.25, -0.2) is 0 Å². The van der Waals surface area contributed by atoms with E-state index in [4.69, 9.17) is 21.1 Å². The standard InChI is InChI=1S/C14H14ClNO2S/c1-9(11-5-13(15)19-7-11)16-6-10-3-2-4-12-14(10)18-8-17-12/h2-5,7,9,16H,6,8H2,1H3. The van der Waals surface area contributed by atoms with Gasteiger partial charge < -0.3 is 14.8 Å². The van der Waals surface area contributed by atoms with Gasteiger partial charge in [0.25, 0.3) is 0 Å². The van der Waals surface area contributed by atoms with Crippen LogP contribution in [0.5, 0.6) is 11.5 Å². The summed E-state index contributed by atoms with van der Waals surface area (Å²) in [4.78, 5) is 0. The summed E-state index contributed by atoms with van der Waals surface area (Å²) in [6.07, 6.45) is 0. The lowest BCUT2D eigenvalue weighted by atomic mass is 10.1. The molecule has 1 atom stereocenters. The van der Waals surface area contributed by atoms with E-state index in [0.29, 0.717) is 6.79 Å². The van der Waals surface area contributed by atoms with Crippen LogP contribution in [0.4, 0.5) is 0 Å². The summed E-state index contributed by atoms with van der Waals surface area (Å²) in [5, 5.41) is 5.55. The lowest BCUT2D eigenvalue weighted by Crippen LogP contribution is -2.17.